The number of carbonyl (C=O) groups is 1. The van der Waals surface area contributed by atoms with Crippen LogP contribution < -0.4 is 5.32 Å². The van der Waals surface area contributed by atoms with Gasteiger partial charge in [0, 0.05) is 19.0 Å². The SMILES string of the molecule is CC(CO)N(C)C(=O)NC1CC1c1ccccc1. The van der Waals surface area contributed by atoms with Gasteiger partial charge in [0.1, 0.15) is 0 Å². The molecule has 2 N–H and O–H groups in total. The van der Waals surface area contributed by atoms with Gasteiger partial charge in [-0.05, 0) is 18.9 Å². The Morgan fingerprint density at radius 2 is 2.17 bits per heavy atom. The molecule has 1 aromatic carbocycles. The number of likely N-dealkylation sites (N-methyl/N-ethyl adjacent to an activating group) is 1. The molecule has 4 heteroatoms. The van der Waals surface area contributed by atoms with Crippen LogP contribution in [0, 0.1) is 0 Å². The van der Waals surface area contributed by atoms with E-state index in [1.54, 1.807) is 11.9 Å². The van der Waals surface area contributed by atoms with Crippen molar-refractivity contribution in [2.24, 2.45) is 0 Å². The van der Waals surface area contributed by atoms with E-state index in [1.807, 2.05) is 25.1 Å². The summed E-state index contributed by atoms with van der Waals surface area (Å²) < 4.78 is 0. The maximum absolute atomic E-state index is 11.9. The predicted molar refractivity (Wildman–Crippen MR) is 70.4 cm³/mol. The van der Waals surface area contributed by atoms with E-state index in [0.717, 1.165) is 6.42 Å². The van der Waals surface area contributed by atoms with Crippen LogP contribution in [0.3, 0.4) is 0 Å². The van der Waals surface area contributed by atoms with Crippen LogP contribution in [-0.2, 0) is 0 Å². The average Bonchev–Trinajstić information content (AvgIpc) is 3.17. The number of aliphatic hydroxyl groups is 1. The second kappa shape index (κ2) is 5.40. The molecule has 1 fully saturated rings. The molecule has 0 heterocycles. The standard InChI is InChI=1S/C14H20N2O2/c1-10(9-17)16(2)14(18)15-13-8-12(13)11-6-4-3-5-7-11/h3-7,10,12-13,17H,8-9H2,1-2H3,(H,15,18). The monoisotopic (exact) mass is 248 g/mol. The molecule has 3 atom stereocenters. The molecule has 2 rings (SSSR count). The molecular weight excluding hydrogens is 228 g/mol. The maximum atomic E-state index is 11.9. The Morgan fingerprint density at radius 3 is 2.78 bits per heavy atom. The van der Waals surface area contributed by atoms with Gasteiger partial charge in [-0.15, -0.1) is 0 Å². The number of benzene rings is 1. The number of aliphatic hydroxyl groups excluding tert-OH is 1. The molecule has 2 amide bonds. The lowest BCUT2D eigenvalue weighted by Gasteiger charge is -2.23. The number of rotatable bonds is 4. The van der Waals surface area contributed by atoms with E-state index < -0.39 is 0 Å². The van der Waals surface area contributed by atoms with Crippen LogP contribution in [-0.4, -0.2) is 41.8 Å². The van der Waals surface area contributed by atoms with Crippen molar-refractivity contribution in [3.8, 4) is 0 Å². The van der Waals surface area contributed by atoms with Gasteiger partial charge in [0.05, 0.1) is 12.6 Å². The summed E-state index contributed by atoms with van der Waals surface area (Å²) in [4.78, 5) is 13.4. The average molecular weight is 248 g/mol. The van der Waals surface area contributed by atoms with Gasteiger partial charge in [-0.2, -0.15) is 0 Å². The minimum absolute atomic E-state index is 0.0172. The van der Waals surface area contributed by atoms with Gasteiger partial charge in [-0.1, -0.05) is 30.3 Å². The van der Waals surface area contributed by atoms with Crippen LogP contribution in [0.15, 0.2) is 30.3 Å². The first-order chi connectivity index (χ1) is 8.63. The molecule has 18 heavy (non-hydrogen) atoms. The Labute approximate surface area is 108 Å². The van der Waals surface area contributed by atoms with Crippen molar-refractivity contribution in [2.45, 2.75) is 31.3 Å². The quantitative estimate of drug-likeness (QED) is 0.849. The largest absolute Gasteiger partial charge is 0.394 e. The number of carbonyl (C=O) groups excluding carboxylic acids is 1. The summed E-state index contributed by atoms with van der Waals surface area (Å²) in [6.07, 6.45) is 0.997. The molecule has 0 saturated heterocycles. The summed E-state index contributed by atoms with van der Waals surface area (Å²) >= 11 is 0. The fourth-order valence-corrected chi connectivity index (χ4v) is 2.01. The zero-order valence-corrected chi connectivity index (χ0v) is 10.8. The molecule has 1 aliphatic carbocycles. The van der Waals surface area contributed by atoms with Crippen molar-refractivity contribution >= 4 is 6.03 Å². The lowest BCUT2D eigenvalue weighted by Crippen LogP contribution is -2.44. The summed E-state index contributed by atoms with van der Waals surface area (Å²) in [5.74, 6) is 0.438. The summed E-state index contributed by atoms with van der Waals surface area (Å²) in [5.41, 5.74) is 1.28. The first kappa shape index (κ1) is 12.9. The van der Waals surface area contributed by atoms with Crippen molar-refractivity contribution in [1.82, 2.24) is 10.2 Å². The third kappa shape index (κ3) is 2.82. The summed E-state index contributed by atoms with van der Waals surface area (Å²) in [5, 5.41) is 12.0. The summed E-state index contributed by atoms with van der Waals surface area (Å²) in [6.45, 7) is 1.80. The van der Waals surface area contributed by atoms with Crippen molar-refractivity contribution in [2.75, 3.05) is 13.7 Å². The molecule has 98 valence electrons. The third-order valence-electron chi connectivity index (χ3n) is 3.57. The molecule has 0 bridgehead atoms. The van der Waals surface area contributed by atoms with Gasteiger partial charge in [0.25, 0.3) is 0 Å². The zero-order valence-electron chi connectivity index (χ0n) is 10.8. The molecule has 3 unspecified atom stereocenters. The number of hydrogen-bond donors (Lipinski definition) is 2. The number of amides is 2. The van der Waals surface area contributed by atoms with Gasteiger partial charge in [-0.25, -0.2) is 4.79 Å². The zero-order chi connectivity index (χ0) is 13.1. The lowest BCUT2D eigenvalue weighted by atomic mass is 10.1. The van der Waals surface area contributed by atoms with Crippen LogP contribution in [0.4, 0.5) is 4.79 Å². The van der Waals surface area contributed by atoms with Crippen LogP contribution in [0.2, 0.25) is 0 Å². The molecule has 0 aromatic heterocycles. The van der Waals surface area contributed by atoms with E-state index in [-0.39, 0.29) is 24.7 Å². The fourth-order valence-electron chi connectivity index (χ4n) is 2.01. The highest BCUT2D eigenvalue weighted by Gasteiger charge is 2.40. The van der Waals surface area contributed by atoms with Gasteiger partial charge in [0.15, 0.2) is 0 Å². The van der Waals surface area contributed by atoms with Crippen molar-refractivity contribution < 1.29 is 9.90 Å². The minimum atomic E-state index is -0.154. The second-order valence-corrected chi connectivity index (χ2v) is 4.95. The van der Waals surface area contributed by atoms with Gasteiger partial charge in [0.2, 0.25) is 0 Å². The molecule has 0 aliphatic heterocycles. The molecule has 0 radical (unpaired) electrons. The van der Waals surface area contributed by atoms with E-state index in [9.17, 15) is 4.79 Å². The summed E-state index contributed by atoms with van der Waals surface area (Å²) in [6, 6.07) is 10.2. The molecule has 1 aromatic rings. The molecule has 1 saturated carbocycles. The van der Waals surface area contributed by atoms with Crippen molar-refractivity contribution in [3.05, 3.63) is 35.9 Å². The van der Waals surface area contributed by atoms with Crippen LogP contribution in [0.1, 0.15) is 24.8 Å². The highest BCUT2D eigenvalue weighted by Crippen LogP contribution is 2.40. The van der Waals surface area contributed by atoms with E-state index in [2.05, 4.69) is 17.4 Å². The smallest absolute Gasteiger partial charge is 0.317 e. The van der Waals surface area contributed by atoms with E-state index >= 15 is 0 Å². The minimum Gasteiger partial charge on any atom is -0.394 e. The first-order valence-electron chi connectivity index (χ1n) is 6.32. The van der Waals surface area contributed by atoms with Gasteiger partial charge in [-0.3, -0.25) is 0 Å². The topological polar surface area (TPSA) is 52.6 Å². The summed E-state index contributed by atoms with van der Waals surface area (Å²) in [7, 11) is 1.70. The number of hydrogen-bond acceptors (Lipinski definition) is 2. The van der Waals surface area contributed by atoms with Crippen molar-refractivity contribution in [1.29, 1.82) is 0 Å². The van der Waals surface area contributed by atoms with Crippen LogP contribution in [0.5, 0.6) is 0 Å². The maximum Gasteiger partial charge on any atom is 0.317 e. The highest BCUT2D eigenvalue weighted by atomic mass is 16.3. The Morgan fingerprint density at radius 1 is 1.50 bits per heavy atom. The second-order valence-electron chi connectivity index (χ2n) is 4.95. The number of nitrogens with one attached hydrogen (secondary N) is 1. The van der Waals surface area contributed by atoms with Gasteiger partial charge >= 0.3 is 6.03 Å². The number of nitrogens with zero attached hydrogens (tertiary/aromatic N) is 1. The van der Waals surface area contributed by atoms with E-state index in [1.165, 1.54) is 5.56 Å². The molecule has 4 nitrogen and oxygen atoms in total. The van der Waals surface area contributed by atoms with Crippen molar-refractivity contribution in [3.63, 3.8) is 0 Å². The number of urea groups is 1. The molecular formula is C14H20N2O2. The Kier molecular flexibility index (Phi) is 3.87. The normalized spacial score (nSPS) is 23.3. The Bertz CT molecular complexity index is 408. The predicted octanol–water partition coefficient (Wildman–Crippen LogP) is 1.56. The Hall–Kier alpha value is -1.55. The fraction of sp³-hybridized carbons (Fsp3) is 0.500. The van der Waals surface area contributed by atoms with E-state index in [0.29, 0.717) is 5.92 Å². The highest BCUT2D eigenvalue weighted by molar-refractivity contribution is 5.75. The lowest BCUT2D eigenvalue weighted by molar-refractivity contribution is 0.157. The first-order valence-corrected chi connectivity index (χ1v) is 6.32. The molecule has 0 spiro atoms. The Balaban J connectivity index is 1.85. The van der Waals surface area contributed by atoms with E-state index in [4.69, 9.17) is 5.11 Å². The van der Waals surface area contributed by atoms with Crippen LogP contribution >= 0.6 is 0 Å². The molecule has 1 aliphatic rings. The third-order valence-corrected chi connectivity index (χ3v) is 3.57. The van der Waals surface area contributed by atoms with Gasteiger partial charge < -0.3 is 15.3 Å². The van der Waals surface area contributed by atoms with Crippen LogP contribution in [0.25, 0.3) is 0 Å².